The Morgan fingerprint density at radius 1 is 1.58 bits per heavy atom. The normalized spacial score (nSPS) is 12.9. The van der Waals surface area contributed by atoms with E-state index in [1.807, 2.05) is 0 Å². The number of hydrogen-bond donors (Lipinski definition) is 0. The first kappa shape index (κ1) is 11.6. The number of rotatable bonds is 3. The highest BCUT2D eigenvalue weighted by Crippen LogP contribution is 2.32. The lowest BCUT2D eigenvalue weighted by atomic mass is 10.3. The summed E-state index contributed by atoms with van der Waals surface area (Å²) in [6, 6.07) is 0. The molecule has 0 saturated carbocycles. The standard InChI is InChI=1S/C7H8BrF3O/c1-3-12-4-6(8)5(2)7(9,10)11/h4H,2-3H2,1H3/b6-4-. The van der Waals surface area contributed by atoms with Crippen LogP contribution >= 0.6 is 15.9 Å². The highest BCUT2D eigenvalue weighted by Gasteiger charge is 2.33. The molecule has 12 heavy (non-hydrogen) atoms. The minimum Gasteiger partial charge on any atom is -0.500 e. The van der Waals surface area contributed by atoms with Crippen LogP contribution in [0.15, 0.2) is 22.9 Å². The highest BCUT2D eigenvalue weighted by atomic mass is 79.9. The topological polar surface area (TPSA) is 9.23 Å². The lowest BCUT2D eigenvalue weighted by Gasteiger charge is -2.08. The van der Waals surface area contributed by atoms with E-state index in [0.29, 0.717) is 6.61 Å². The number of halogens is 4. The van der Waals surface area contributed by atoms with E-state index in [1.54, 1.807) is 6.92 Å². The van der Waals surface area contributed by atoms with Crippen LogP contribution in [0, 0.1) is 0 Å². The van der Waals surface area contributed by atoms with Gasteiger partial charge in [0.25, 0.3) is 0 Å². The van der Waals surface area contributed by atoms with Gasteiger partial charge in [-0.05, 0) is 22.9 Å². The van der Waals surface area contributed by atoms with Crippen LogP contribution in [-0.4, -0.2) is 12.8 Å². The SMILES string of the molecule is C=C(/C(Br)=C/OCC)C(F)(F)F. The van der Waals surface area contributed by atoms with Crippen molar-refractivity contribution in [1.29, 1.82) is 0 Å². The molecule has 0 aliphatic heterocycles. The number of ether oxygens (including phenoxy) is 1. The van der Waals surface area contributed by atoms with E-state index in [2.05, 4.69) is 27.2 Å². The fourth-order valence-electron chi connectivity index (χ4n) is 0.363. The van der Waals surface area contributed by atoms with Crippen molar-refractivity contribution >= 4 is 15.9 Å². The van der Waals surface area contributed by atoms with Crippen LogP contribution in [0.3, 0.4) is 0 Å². The molecule has 0 aromatic heterocycles. The minimum absolute atomic E-state index is 0.183. The molecule has 0 fully saturated rings. The Morgan fingerprint density at radius 2 is 2.08 bits per heavy atom. The minimum atomic E-state index is -4.41. The molecule has 0 bridgehead atoms. The molecule has 5 heteroatoms. The van der Waals surface area contributed by atoms with Crippen molar-refractivity contribution in [3.05, 3.63) is 22.9 Å². The Morgan fingerprint density at radius 3 is 2.42 bits per heavy atom. The van der Waals surface area contributed by atoms with Gasteiger partial charge in [0.2, 0.25) is 0 Å². The molecule has 0 aromatic carbocycles. The molecule has 70 valence electrons. The Bertz CT molecular complexity index is 195. The van der Waals surface area contributed by atoms with Crippen molar-refractivity contribution in [2.45, 2.75) is 13.1 Å². The summed E-state index contributed by atoms with van der Waals surface area (Å²) in [7, 11) is 0. The lowest BCUT2D eigenvalue weighted by Crippen LogP contribution is -2.10. The Labute approximate surface area is 77.0 Å². The third-order valence-electron chi connectivity index (χ3n) is 0.984. The van der Waals surface area contributed by atoms with Crippen molar-refractivity contribution in [1.82, 2.24) is 0 Å². The molecule has 1 nitrogen and oxygen atoms in total. The highest BCUT2D eigenvalue weighted by molar-refractivity contribution is 9.12. The molecule has 0 unspecified atom stereocenters. The Kier molecular flexibility index (Phi) is 4.37. The summed E-state index contributed by atoms with van der Waals surface area (Å²) in [4.78, 5) is 0. The zero-order valence-electron chi connectivity index (χ0n) is 6.41. The van der Waals surface area contributed by atoms with Gasteiger partial charge in [-0.3, -0.25) is 0 Å². The molecule has 0 aliphatic rings. The Balaban J connectivity index is 4.30. The molecule has 0 aromatic rings. The van der Waals surface area contributed by atoms with Gasteiger partial charge in [0.05, 0.1) is 22.9 Å². The monoisotopic (exact) mass is 244 g/mol. The largest absolute Gasteiger partial charge is 0.500 e. The van der Waals surface area contributed by atoms with Gasteiger partial charge in [-0.25, -0.2) is 0 Å². The van der Waals surface area contributed by atoms with Gasteiger partial charge < -0.3 is 4.74 Å². The van der Waals surface area contributed by atoms with Crippen LogP contribution in [0.4, 0.5) is 13.2 Å². The van der Waals surface area contributed by atoms with Gasteiger partial charge in [0.15, 0.2) is 0 Å². The zero-order chi connectivity index (χ0) is 9.78. The Hall–Kier alpha value is -0.450. The summed E-state index contributed by atoms with van der Waals surface area (Å²) in [5.41, 5.74) is -0.948. The van der Waals surface area contributed by atoms with Gasteiger partial charge in [-0.2, -0.15) is 13.2 Å². The molecule has 0 heterocycles. The lowest BCUT2D eigenvalue weighted by molar-refractivity contribution is -0.0883. The van der Waals surface area contributed by atoms with Crippen LogP contribution in [0.5, 0.6) is 0 Å². The first-order chi connectivity index (χ1) is 5.39. The molecule has 0 amide bonds. The second-order valence-corrected chi connectivity index (χ2v) is 2.75. The second kappa shape index (κ2) is 4.54. The molecule has 0 saturated heterocycles. The summed E-state index contributed by atoms with van der Waals surface area (Å²) in [5, 5.41) is 0. The molecule has 0 aliphatic carbocycles. The molecule has 0 rings (SSSR count). The summed E-state index contributed by atoms with van der Waals surface area (Å²) in [6.07, 6.45) is -3.43. The summed E-state index contributed by atoms with van der Waals surface area (Å²) < 4.78 is 40.2. The maximum atomic E-state index is 11.9. The zero-order valence-corrected chi connectivity index (χ0v) is 8.00. The fourth-order valence-corrected chi connectivity index (χ4v) is 0.720. The maximum absolute atomic E-state index is 11.9. The molecular weight excluding hydrogens is 237 g/mol. The quantitative estimate of drug-likeness (QED) is 0.547. The number of alkyl halides is 3. The number of hydrogen-bond acceptors (Lipinski definition) is 1. The maximum Gasteiger partial charge on any atom is 0.417 e. The van der Waals surface area contributed by atoms with E-state index in [9.17, 15) is 13.2 Å². The van der Waals surface area contributed by atoms with E-state index < -0.39 is 11.7 Å². The van der Waals surface area contributed by atoms with Crippen LogP contribution in [0.1, 0.15) is 6.92 Å². The van der Waals surface area contributed by atoms with Crippen molar-refractivity contribution in [2.75, 3.05) is 6.61 Å². The van der Waals surface area contributed by atoms with Crippen molar-refractivity contribution in [3.63, 3.8) is 0 Å². The van der Waals surface area contributed by atoms with E-state index >= 15 is 0 Å². The van der Waals surface area contributed by atoms with E-state index in [0.717, 1.165) is 6.26 Å². The van der Waals surface area contributed by atoms with Gasteiger partial charge in [0.1, 0.15) is 0 Å². The second-order valence-electron chi connectivity index (χ2n) is 1.90. The smallest absolute Gasteiger partial charge is 0.417 e. The van der Waals surface area contributed by atoms with Gasteiger partial charge in [-0.15, -0.1) is 0 Å². The first-order valence-electron chi connectivity index (χ1n) is 3.13. The van der Waals surface area contributed by atoms with Crippen molar-refractivity contribution in [3.8, 4) is 0 Å². The first-order valence-corrected chi connectivity index (χ1v) is 3.92. The molecular formula is C7H8BrF3O. The van der Waals surface area contributed by atoms with Crippen LogP contribution in [0.25, 0.3) is 0 Å². The molecule has 0 N–H and O–H groups in total. The molecule has 0 spiro atoms. The third-order valence-corrected chi connectivity index (χ3v) is 1.65. The van der Waals surface area contributed by atoms with Gasteiger partial charge in [-0.1, -0.05) is 6.58 Å². The van der Waals surface area contributed by atoms with Crippen LogP contribution in [0.2, 0.25) is 0 Å². The van der Waals surface area contributed by atoms with E-state index in [4.69, 9.17) is 0 Å². The van der Waals surface area contributed by atoms with Crippen molar-refractivity contribution < 1.29 is 17.9 Å². The van der Waals surface area contributed by atoms with Gasteiger partial charge >= 0.3 is 6.18 Å². The van der Waals surface area contributed by atoms with E-state index in [-0.39, 0.29) is 4.48 Å². The average Bonchev–Trinajstić information content (AvgIpc) is 1.97. The third kappa shape index (κ3) is 3.80. The van der Waals surface area contributed by atoms with Gasteiger partial charge in [0, 0.05) is 0 Å². The predicted molar refractivity (Wildman–Crippen MR) is 43.8 cm³/mol. The van der Waals surface area contributed by atoms with Crippen LogP contribution in [-0.2, 0) is 4.74 Å². The van der Waals surface area contributed by atoms with Crippen LogP contribution < -0.4 is 0 Å². The molecule has 0 atom stereocenters. The fraction of sp³-hybridized carbons (Fsp3) is 0.429. The number of allylic oxidation sites excluding steroid dienone is 2. The van der Waals surface area contributed by atoms with Crippen molar-refractivity contribution in [2.24, 2.45) is 0 Å². The van der Waals surface area contributed by atoms with E-state index in [1.165, 1.54) is 0 Å². The molecule has 0 radical (unpaired) electrons. The predicted octanol–water partition coefficient (Wildman–Crippen LogP) is 3.38. The summed E-state index contributed by atoms with van der Waals surface area (Å²) in [5.74, 6) is 0. The average molecular weight is 245 g/mol. The summed E-state index contributed by atoms with van der Waals surface area (Å²) in [6.45, 7) is 4.85. The summed E-state index contributed by atoms with van der Waals surface area (Å²) >= 11 is 2.70.